The van der Waals surface area contributed by atoms with Gasteiger partial charge in [-0.1, -0.05) is 26.2 Å². The van der Waals surface area contributed by atoms with E-state index >= 15 is 0 Å². The number of fused-ring (bicyclic) bond motifs is 1. The molecular formula is C17H26OS. The Labute approximate surface area is 121 Å². The predicted molar refractivity (Wildman–Crippen MR) is 81.7 cm³/mol. The average molecular weight is 278 g/mol. The highest BCUT2D eigenvalue weighted by molar-refractivity contribution is 7.12. The number of aliphatic hydroxyl groups excluding tert-OH is 1. The molecule has 0 aliphatic heterocycles. The molecule has 1 aromatic rings. The second-order valence-electron chi connectivity index (χ2n) is 6.63. The molecule has 3 unspecified atom stereocenters. The van der Waals surface area contributed by atoms with Gasteiger partial charge in [-0.3, -0.25) is 0 Å². The van der Waals surface area contributed by atoms with Crippen molar-refractivity contribution in [3.05, 3.63) is 21.4 Å². The quantitative estimate of drug-likeness (QED) is 0.765. The maximum Gasteiger partial charge on any atom is 0.0910 e. The fourth-order valence-corrected chi connectivity index (χ4v) is 5.17. The van der Waals surface area contributed by atoms with E-state index in [1.165, 1.54) is 62.7 Å². The van der Waals surface area contributed by atoms with Crippen molar-refractivity contribution in [1.82, 2.24) is 0 Å². The number of hydrogen-bond donors (Lipinski definition) is 1. The van der Waals surface area contributed by atoms with E-state index < -0.39 is 0 Å². The van der Waals surface area contributed by atoms with Gasteiger partial charge in [0.25, 0.3) is 0 Å². The normalized spacial score (nSPS) is 29.6. The third-order valence-electron chi connectivity index (χ3n) is 4.98. The summed E-state index contributed by atoms with van der Waals surface area (Å²) < 4.78 is 0. The van der Waals surface area contributed by atoms with Gasteiger partial charge in [0.05, 0.1) is 6.10 Å². The largest absolute Gasteiger partial charge is 0.387 e. The first-order valence-corrected chi connectivity index (χ1v) is 8.85. The molecule has 0 radical (unpaired) electrons. The Morgan fingerprint density at radius 2 is 2.00 bits per heavy atom. The maximum atomic E-state index is 10.7. The first-order chi connectivity index (χ1) is 9.24. The van der Waals surface area contributed by atoms with Crippen LogP contribution in [0.1, 0.15) is 73.3 Å². The van der Waals surface area contributed by atoms with Crippen LogP contribution in [0.2, 0.25) is 0 Å². The zero-order valence-electron chi connectivity index (χ0n) is 12.0. The van der Waals surface area contributed by atoms with Gasteiger partial charge in [-0.25, -0.2) is 0 Å². The minimum absolute atomic E-state index is 0.195. The van der Waals surface area contributed by atoms with Gasteiger partial charge < -0.3 is 5.11 Å². The standard InChI is InChI=1S/C17H26OS/c1-12-6-5-8-14(10-12)17(18)16-11-13-7-3-2-4-9-15(13)19-16/h11-12,14,17-18H,2-10H2,1H3. The van der Waals surface area contributed by atoms with E-state index in [-0.39, 0.29) is 6.10 Å². The van der Waals surface area contributed by atoms with Gasteiger partial charge in [-0.05, 0) is 62.0 Å². The Balaban J connectivity index is 1.74. The molecule has 0 amide bonds. The fraction of sp³-hybridized carbons (Fsp3) is 0.765. The fourth-order valence-electron chi connectivity index (χ4n) is 3.84. The molecule has 2 aliphatic carbocycles. The third-order valence-corrected chi connectivity index (χ3v) is 6.29. The number of hydrogen-bond acceptors (Lipinski definition) is 2. The molecule has 2 aliphatic rings. The van der Waals surface area contributed by atoms with Crippen LogP contribution < -0.4 is 0 Å². The molecule has 1 saturated carbocycles. The summed E-state index contributed by atoms with van der Waals surface area (Å²) in [6.07, 6.45) is 11.4. The Morgan fingerprint density at radius 1 is 1.16 bits per heavy atom. The van der Waals surface area contributed by atoms with Gasteiger partial charge in [0.1, 0.15) is 0 Å². The van der Waals surface area contributed by atoms with Crippen molar-refractivity contribution in [3.63, 3.8) is 0 Å². The van der Waals surface area contributed by atoms with Crippen molar-refractivity contribution in [3.8, 4) is 0 Å². The van der Waals surface area contributed by atoms with Crippen LogP contribution in [0.15, 0.2) is 6.07 Å². The number of thiophene rings is 1. The van der Waals surface area contributed by atoms with Crippen molar-refractivity contribution in [2.45, 2.75) is 70.8 Å². The molecule has 0 aromatic carbocycles. The minimum atomic E-state index is -0.195. The van der Waals surface area contributed by atoms with E-state index in [4.69, 9.17) is 0 Å². The molecule has 0 saturated heterocycles. The second-order valence-corrected chi connectivity index (χ2v) is 7.80. The topological polar surface area (TPSA) is 20.2 Å². The maximum absolute atomic E-state index is 10.7. The van der Waals surface area contributed by atoms with Crippen molar-refractivity contribution in [1.29, 1.82) is 0 Å². The SMILES string of the molecule is CC1CCCC(C(O)c2cc3c(s2)CCCCC3)C1. The highest BCUT2D eigenvalue weighted by atomic mass is 32.1. The molecule has 19 heavy (non-hydrogen) atoms. The third kappa shape index (κ3) is 3.05. The zero-order valence-corrected chi connectivity index (χ0v) is 12.8. The van der Waals surface area contributed by atoms with Crippen molar-refractivity contribution >= 4 is 11.3 Å². The van der Waals surface area contributed by atoms with Crippen LogP contribution in [0, 0.1) is 11.8 Å². The second kappa shape index (κ2) is 5.97. The lowest BCUT2D eigenvalue weighted by atomic mass is 9.79. The van der Waals surface area contributed by atoms with E-state index in [1.54, 1.807) is 10.4 Å². The summed E-state index contributed by atoms with van der Waals surface area (Å²) in [6, 6.07) is 2.33. The molecular weight excluding hydrogens is 252 g/mol. The Kier molecular flexibility index (Phi) is 4.28. The summed E-state index contributed by atoms with van der Waals surface area (Å²) in [5, 5.41) is 10.7. The molecule has 2 heteroatoms. The van der Waals surface area contributed by atoms with E-state index in [1.807, 2.05) is 11.3 Å². The van der Waals surface area contributed by atoms with Crippen LogP contribution in [-0.2, 0) is 12.8 Å². The Hall–Kier alpha value is -0.340. The van der Waals surface area contributed by atoms with Crippen LogP contribution in [0.25, 0.3) is 0 Å². The van der Waals surface area contributed by atoms with Gasteiger partial charge in [0.2, 0.25) is 0 Å². The summed E-state index contributed by atoms with van der Waals surface area (Å²) in [5.41, 5.74) is 1.54. The van der Waals surface area contributed by atoms with Crippen molar-refractivity contribution in [2.75, 3.05) is 0 Å². The molecule has 3 atom stereocenters. The molecule has 3 rings (SSSR count). The monoisotopic (exact) mass is 278 g/mol. The van der Waals surface area contributed by atoms with Crippen molar-refractivity contribution < 1.29 is 5.11 Å². The summed E-state index contributed by atoms with van der Waals surface area (Å²) in [6.45, 7) is 2.34. The molecule has 0 bridgehead atoms. The average Bonchev–Trinajstić information content (AvgIpc) is 2.69. The summed E-state index contributed by atoms with van der Waals surface area (Å²) in [4.78, 5) is 2.82. The lowest BCUT2D eigenvalue weighted by Gasteiger charge is -2.29. The Morgan fingerprint density at radius 3 is 2.84 bits per heavy atom. The first kappa shape index (κ1) is 13.6. The van der Waals surface area contributed by atoms with Gasteiger partial charge in [-0.15, -0.1) is 11.3 Å². The van der Waals surface area contributed by atoms with Crippen LogP contribution in [0.5, 0.6) is 0 Å². The summed E-state index contributed by atoms with van der Waals surface area (Å²) in [7, 11) is 0. The Bertz CT molecular complexity index is 399. The summed E-state index contributed by atoms with van der Waals surface area (Å²) >= 11 is 1.90. The summed E-state index contributed by atoms with van der Waals surface area (Å²) in [5.74, 6) is 1.30. The smallest absolute Gasteiger partial charge is 0.0910 e. The van der Waals surface area contributed by atoms with Crippen LogP contribution in [0.3, 0.4) is 0 Å². The minimum Gasteiger partial charge on any atom is -0.387 e. The van der Waals surface area contributed by atoms with Gasteiger partial charge in [-0.2, -0.15) is 0 Å². The van der Waals surface area contributed by atoms with E-state index in [2.05, 4.69) is 13.0 Å². The zero-order chi connectivity index (χ0) is 13.2. The van der Waals surface area contributed by atoms with Gasteiger partial charge in [0, 0.05) is 9.75 Å². The van der Waals surface area contributed by atoms with Crippen LogP contribution >= 0.6 is 11.3 Å². The highest BCUT2D eigenvalue weighted by Gasteiger charge is 2.28. The lowest BCUT2D eigenvalue weighted by Crippen LogP contribution is -2.19. The molecule has 1 nitrogen and oxygen atoms in total. The van der Waals surface area contributed by atoms with Crippen molar-refractivity contribution in [2.24, 2.45) is 11.8 Å². The van der Waals surface area contributed by atoms with Gasteiger partial charge in [0.15, 0.2) is 0 Å². The van der Waals surface area contributed by atoms with Crippen LogP contribution in [0.4, 0.5) is 0 Å². The number of rotatable bonds is 2. The molecule has 1 fully saturated rings. The number of aliphatic hydroxyl groups is 1. The van der Waals surface area contributed by atoms with E-state index in [0.29, 0.717) is 5.92 Å². The molecule has 1 N–H and O–H groups in total. The van der Waals surface area contributed by atoms with E-state index in [0.717, 1.165) is 5.92 Å². The number of aryl methyl sites for hydroxylation is 2. The lowest BCUT2D eigenvalue weighted by molar-refractivity contribution is 0.0742. The molecule has 1 heterocycles. The molecule has 0 spiro atoms. The predicted octanol–water partition coefficient (Wildman–Crippen LogP) is 4.88. The molecule has 106 valence electrons. The molecule has 1 aromatic heterocycles. The van der Waals surface area contributed by atoms with Crippen LogP contribution in [-0.4, -0.2) is 5.11 Å². The van der Waals surface area contributed by atoms with Gasteiger partial charge >= 0.3 is 0 Å². The van der Waals surface area contributed by atoms with E-state index in [9.17, 15) is 5.11 Å². The first-order valence-electron chi connectivity index (χ1n) is 8.03. The highest BCUT2D eigenvalue weighted by Crippen LogP contribution is 2.41.